The molecule has 0 bridgehead atoms. The van der Waals surface area contributed by atoms with E-state index in [-0.39, 0.29) is 17.4 Å². The number of primary amides is 1. The van der Waals surface area contributed by atoms with Crippen LogP contribution in [0.25, 0.3) is 0 Å². The largest absolute Gasteiger partial charge is 0.396 e. The van der Waals surface area contributed by atoms with Crippen molar-refractivity contribution in [1.29, 1.82) is 5.26 Å². The number of nitrogen functional groups attached to an aromatic ring is 1. The van der Waals surface area contributed by atoms with E-state index in [1.54, 1.807) is 7.11 Å². The molecule has 1 aromatic rings. The number of hydrogen-bond donors (Lipinski definition) is 2. The monoisotopic (exact) mass is 280 g/mol. The van der Waals surface area contributed by atoms with Crippen LogP contribution in [0.15, 0.2) is 0 Å². The highest BCUT2D eigenvalue weighted by molar-refractivity contribution is 7.17. The minimum Gasteiger partial charge on any atom is -0.396 e. The molecule has 1 aromatic heterocycles. The molecule has 1 saturated heterocycles. The molecule has 0 saturated carbocycles. The highest BCUT2D eigenvalue weighted by Gasteiger charge is 2.27. The van der Waals surface area contributed by atoms with E-state index in [0.717, 1.165) is 19.4 Å². The molecule has 102 valence electrons. The summed E-state index contributed by atoms with van der Waals surface area (Å²) in [6.07, 6.45) is 2.09. The summed E-state index contributed by atoms with van der Waals surface area (Å²) in [5.41, 5.74) is 11.6. The molecule has 2 heterocycles. The molecule has 7 heteroatoms. The number of ether oxygens (including phenoxy) is 1. The van der Waals surface area contributed by atoms with Crippen molar-refractivity contribution in [3.63, 3.8) is 0 Å². The molecule has 1 aliphatic rings. The lowest BCUT2D eigenvalue weighted by Gasteiger charge is -2.33. The zero-order chi connectivity index (χ0) is 14.0. The summed E-state index contributed by atoms with van der Waals surface area (Å²) in [7, 11) is 1.67. The Hall–Kier alpha value is -1.78. The molecule has 4 N–H and O–H groups in total. The highest BCUT2D eigenvalue weighted by Crippen LogP contribution is 2.38. The SMILES string of the molecule is COC1CCCN(c2sc(C#N)c(N)c2C(N)=O)C1. The number of nitriles is 1. The smallest absolute Gasteiger partial charge is 0.253 e. The molecule has 1 amide bonds. The van der Waals surface area contributed by atoms with Gasteiger partial charge in [-0.15, -0.1) is 11.3 Å². The summed E-state index contributed by atoms with van der Waals surface area (Å²) in [4.78, 5) is 13.9. The zero-order valence-corrected chi connectivity index (χ0v) is 11.5. The molecular formula is C12H16N4O2S. The summed E-state index contributed by atoms with van der Waals surface area (Å²) >= 11 is 1.22. The third-order valence-corrected chi connectivity index (χ3v) is 4.44. The third-order valence-electron chi connectivity index (χ3n) is 3.27. The molecule has 1 unspecified atom stereocenters. The highest BCUT2D eigenvalue weighted by atomic mass is 32.1. The van der Waals surface area contributed by atoms with Crippen molar-refractivity contribution in [2.24, 2.45) is 5.73 Å². The number of nitrogens with zero attached hydrogens (tertiary/aromatic N) is 2. The van der Waals surface area contributed by atoms with Crippen LogP contribution >= 0.6 is 11.3 Å². The predicted molar refractivity (Wildman–Crippen MR) is 74.2 cm³/mol. The molecule has 1 atom stereocenters. The van der Waals surface area contributed by atoms with E-state index in [0.29, 0.717) is 16.4 Å². The van der Waals surface area contributed by atoms with E-state index in [4.69, 9.17) is 21.5 Å². The van der Waals surface area contributed by atoms with Crippen molar-refractivity contribution in [3.05, 3.63) is 10.4 Å². The van der Waals surface area contributed by atoms with Crippen molar-refractivity contribution < 1.29 is 9.53 Å². The van der Waals surface area contributed by atoms with Gasteiger partial charge in [-0.3, -0.25) is 4.79 Å². The fourth-order valence-corrected chi connectivity index (χ4v) is 3.35. The fourth-order valence-electron chi connectivity index (χ4n) is 2.29. The Kier molecular flexibility index (Phi) is 3.93. The molecule has 0 aliphatic carbocycles. The standard InChI is InChI=1S/C12H16N4O2S/c1-18-7-3-2-4-16(6-7)12-9(11(15)17)10(14)8(5-13)19-12/h7H,2-4,6,14H2,1H3,(H2,15,17). The number of carbonyl (C=O) groups excluding carboxylic acids is 1. The second-order valence-electron chi connectivity index (χ2n) is 4.45. The van der Waals surface area contributed by atoms with Crippen LogP contribution in [0.1, 0.15) is 28.1 Å². The van der Waals surface area contributed by atoms with E-state index in [1.165, 1.54) is 11.3 Å². The Morgan fingerprint density at radius 1 is 1.63 bits per heavy atom. The van der Waals surface area contributed by atoms with Crippen molar-refractivity contribution in [2.45, 2.75) is 18.9 Å². The van der Waals surface area contributed by atoms with Crippen LogP contribution in [0.3, 0.4) is 0 Å². The van der Waals surface area contributed by atoms with Crippen molar-refractivity contribution in [3.8, 4) is 6.07 Å². The summed E-state index contributed by atoms with van der Waals surface area (Å²) in [5.74, 6) is -0.593. The first-order chi connectivity index (χ1) is 9.08. The van der Waals surface area contributed by atoms with Gasteiger partial charge in [0.25, 0.3) is 5.91 Å². The number of nitrogens with two attached hydrogens (primary N) is 2. The fraction of sp³-hybridized carbons (Fsp3) is 0.500. The molecule has 0 aromatic carbocycles. The van der Waals surface area contributed by atoms with Crippen LogP contribution in [-0.2, 0) is 4.74 Å². The van der Waals surface area contributed by atoms with E-state index < -0.39 is 5.91 Å². The summed E-state index contributed by atoms with van der Waals surface area (Å²) in [6, 6.07) is 2.00. The predicted octanol–water partition coefficient (Wildman–Crippen LogP) is 0.916. The number of thiophene rings is 1. The van der Waals surface area contributed by atoms with Crippen molar-refractivity contribution in [1.82, 2.24) is 0 Å². The molecule has 19 heavy (non-hydrogen) atoms. The molecule has 0 radical (unpaired) electrons. The Balaban J connectivity index is 2.39. The van der Waals surface area contributed by atoms with Gasteiger partial charge in [-0.25, -0.2) is 0 Å². The first-order valence-corrected chi connectivity index (χ1v) is 6.80. The average molecular weight is 280 g/mol. The Labute approximate surface area is 115 Å². The normalized spacial score (nSPS) is 19.2. The minimum atomic E-state index is -0.593. The summed E-state index contributed by atoms with van der Waals surface area (Å²) in [6.45, 7) is 1.49. The lowest BCUT2D eigenvalue weighted by Crippen LogP contribution is -2.39. The third kappa shape index (κ3) is 2.50. The number of methoxy groups -OCH3 is 1. The molecule has 0 spiro atoms. The molecule has 2 rings (SSSR count). The van der Waals surface area contributed by atoms with Gasteiger partial charge in [-0.1, -0.05) is 0 Å². The maximum absolute atomic E-state index is 11.5. The van der Waals surface area contributed by atoms with Gasteiger partial charge in [0, 0.05) is 20.2 Å². The van der Waals surface area contributed by atoms with Crippen LogP contribution < -0.4 is 16.4 Å². The Morgan fingerprint density at radius 2 is 2.37 bits per heavy atom. The first kappa shape index (κ1) is 13.6. The Bertz CT molecular complexity index is 535. The van der Waals surface area contributed by atoms with E-state index in [1.807, 2.05) is 11.0 Å². The van der Waals surface area contributed by atoms with Crippen LogP contribution in [0.2, 0.25) is 0 Å². The maximum atomic E-state index is 11.5. The van der Waals surface area contributed by atoms with Gasteiger partial charge in [-0.2, -0.15) is 5.26 Å². The van der Waals surface area contributed by atoms with Gasteiger partial charge in [0.2, 0.25) is 0 Å². The van der Waals surface area contributed by atoms with Crippen LogP contribution in [0.5, 0.6) is 0 Å². The maximum Gasteiger partial charge on any atom is 0.253 e. The van der Waals surface area contributed by atoms with Gasteiger partial charge < -0.3 is 21.1 Å². The molecular weight excluding hydrogens is 264 g/mol. The van der Waals surface area contributed by atoms with E-state index >= 15 is 0 Å². The number of anilines is 2. The second kappa shape index (κ2) is 5.47. The van der Waals surface area contributed by atoms with E-state index in [9.17, 15) is 4.79 Å². The minimum absolute atomic E-state index is 0.128. The van der Waals surface area contributed by atoms with Crippen LogP contribution in [-0.4, -0.2) is 32.2 Å². The lowest BCUT2D eigenvalue weighted by molar-refractivity contribution is 0.0892. The number of piperidine rings is 1. The quantitative estimate of drug-likeness (QED) is 0.856. The average Bonchev–Trinajstić information content (AvgIpc) is 2.76. The van der Waals surface area contributed by atoms with Gasteiger partial charge in [0.05, 0.1) is 17.4 Å². The van der Waals surface area contributed by atoms with Gasteiger partial charge in [0.1, 0.15) is 15.9 Å². The summed E-state index contributed by atoms with van der Waals surface area (Å²) < 4.78 is 5.36. The van der Waals surface area contributed by atoms with Gasteiger partial charge in [0.15, 0.2) is 0 Å². The Morgan fingerprint density at radius 3 is 2.95 bits per heavy atom. The number of amides is 1. The first-order valence-electron chi connectivity index (χ1n) is 5.98. The van der Waals surface area contributed by atoms with Gasteiger partial charge in [-0.05, 0) is 12.8 Å². The van der Waals surface area contributed by atoms with Crippen molar-refractivity contribution in [2.75, 3.05) is 30.8 Å². The number of rotatable bonds is 3. The zero-order valence-electron chi connectivity index (χ0n) is 10.7. The van der Waals surface area contributed by atoms with Crippen LogP contribution in [0, 0.1) is 11.3 Å². The lowest BCUT2D eigenvalue weighted by atomic mass is 10.1. The van der Waals surface area contributed by atoms with Crippen LogP contribution in [0.4, 0.5) is 10.7 Å². The molecule has 1 aliphatic heterocycles. The van der Waals surface area contributed by atoms with Gasteiger partial charge >= 0.3 is 0 Å². The van der Waals surface area contributed by atoms with Crippen molar-refractivity contribution >= 4 is 27.9 Å². The summed E-state index contributed by atoms with van der Waals surface area (Å²) in [5, 5.41) is 9.70. The second-order valence-corrected chi connectivity index (χ2v) is 5.45. The molecule has 6 nitrogen and oxygen atoms in total. The van der Waals surface area contributed by atoms with E-state index in [2.05, 4.69) is 0 Å². The number of carbonyl (C=O) groups is 1. The topological polar surface area (TPSA) is 105 Å². The number of hydrogen-bond acceptors (Lipinski definition) is 6. The molecule has 1 fully saturated rings.